The average Bonchev–Trinajstić information content (AvgIpc) is 2.59. The zero-order valence-corrected chi connectivity index (χ0v) is 16.3. The summed E-state index contributed by atoms with van der Waals surface area (Å²) in [7, 11) is 0. The number of ketones is 1. The molecule has 0 N–H and O–H groups in total. The largest absolute Gasteiger partial charge is 0.298 e. The van der Waals surface area contributed by atoms with Gasteiger partial charge in [-0.2, -0.15) is 0 Å². The Balaban J connectivity index is 1.69. The van der Waals surface area contributed by atoms with E-state index in [1.54, 1.807) is 0 Å². The van der Waals surface area contributed by atoms with Crippen LogP contribution in [-0.4, -0.2) is 10.1 Å². The minimum Gasteiger partial charge on any atom is -0.298 e. The van der Waals surface area contributed by atoms with Gasteiger partial charge in [0.15, 0.2) is 5.78 Å². The van der Waals surface area contributed by atoms with Crippen LogP contribution in [0.15, 0.2) is 0 Å². The Morgan fingerprint density at radius 2 is 1.39 bits per heavy atom. The second-order valence-electron chi connectivity index (χ2n) is 8.50. The number of carbonyl (C=O) groups excluding carboxylic acids is 1. The first-order chi connectivity index (χ1) is 10.9. The fourth-order valence-electron chi connectivity index (χ4n) is 5.75. The quantitative estimate of drug-likeness (QED) is 0.511. The van der Waals surface area contributed by atoms with Crippen molar-refractivity contribution in [3.8, 4) is 0 Å². The van der Waals surface area contributed by atoms with Gasteiger partial charge in [-0.05, 0) is 63.2 Å². The summed E-state index contributed by atoms with van der Waals surface area (Å²) < 4.78 is -0.814. The van der Waals surface area contributed by atoms with Gasteiger partial charge >= 0.3 is 0 Å². The molecule has 0 aromatic carbocycles. The molecule has 3 rings (SSSR count). The predicted octanol–water partition coefficient (Wildman–Crippen LogP) is 6.70. The third kappa shape index (κ3) is 2.51. The fourth-order valence-corrected chi connectivity index (χ4v) is 6.85. The first-order valence-corrected chi connectivity index (χ1v) is 10.6. The number of halogens is 2. The second kappa shape index (κ2) is 6.52. The smallest absolute Gasteiger partial charge is 0.151 e. The van der Waals surface area contributed by atoms with Gasteiger partial charge in [0, 0.05) is 0 Å². The van der Waals surface area contributed by atoms with Gasteiger partial charge in [-0.1, -0.05) is 62.7 Å². The van der Waals surface area contributed by atoms with E-state index < -0.39 is 15.2 Å². The lowest BCUT2D eigenvalue weighted by atomic mass is 9.42. The molecule has 2 spiro atoms. The van der Waals surface area contributed by atoms with E-state index in [2.05, 4.69) is 13.8 Å². The van der Waals surface area contributed by atoms with Crippen LogP contribution in [-0.2, 0) is 4.79 Å². The van der Waals surface area contributed by atoms with E-state index >= 15 is 0 Å². The van der Waals surface area contributed by atoms with Crippen molar-refractivity contribution >= 4 is 29.0 Å². The molecule has 0 heterocycles. The van der Waals surface area contributed by atoms with Crippen molar-refractivity contribution in [2.75, 3.05) is 0 Å². The third-order valence-corrected chi connectivity index (χ3v) is 8.98. The fraction of sp³-hybridized carbons (Fsp3) is 0.950. The van der Waals surface area contributed by atoms with Gasteiger partial charge in [-0.15, -0.1) is 0 Å². The van der Waals surface area contributed by atoms with Crippen LogP contribution in [0, 0.1) is 22.7 Å². The number of carbonyl (C=O) groups is 1. The van der Waals surface area contributed by atoms with Crippen molar-refractivity contribution in [1.29, 1.82) is 0 Å². The Morgan fingerprint density at radius 3 is 1.78 bits per heavy atom. The molecule has 0 aromatic rings. The van der Waals surface area contributed by atoms with E-state index in [-0.39, 0.29) is 0 Å². The molecular weight excluding hydrogens is 327 g/mol. The predicted molar refractivity (Wildman–Crippen MR) is 98.0 cm³/mol. The molecular formula is C20H32Cl2O. The second-order valence-corrected chi connectivity index (χ2v) is 9.83. The number of rotatable bonds is 4. The molecule has 0 radical (unpaired) electrons. The minimum absolute atomic E-state index is 0.419. The molecule has 0 aromatic heterocycles. The first kappa shape index (κ1) is 18.1. The van der Waals surface area contributed by atoms with E-state index in [1.165, 1.54) is 25.7 Å². The maximum Gasteiger partial charge on any atom is 0.151 e. The zero-order valence-electron chi connectivity index (χ0n) is 14.8. The lowest BCUT2D eigenvalue weighted by Crippen LogP contribution is -2.74. The van der Waals surface area contributed by atoms with E-state index in [0.717, 1.165) is 63.2 Å². The number of unbranched alkanes of at least 4 members (excludes halogenated alkanes) is 1. The Bertz CT molecular complexity index is 441. The van der Waals surface area contributed by atoms with Crippen molar-refractivity contribution in [1.82, 2.24) is 0 Å². The summed E-state index contributed by atoms with van der Waals surface area (Å²) in [4.78, 5) is 13.3. The van der Waals surface area contributed by atoms with Crippen molar-refractivity contribution in [3.63, 3.8) is 0 Å². The third-order valence-electron chi connectivity index (χ3n) is 7.53. The Hall–Kier alpha value is 0.250. The van der Waals surface area contributed by atoms with Crippen LogP contribution in [0.1, 0.15) is 90.9 Å². The van der Waals surface area contributed by atoms with Gasteiger partial charge in [-0.25, -0.2) is 0 Å². The van der Waals surface area contributed by atoms with Crippen molar-refractivity contribution < 1.29 is 4.79 Å². The van der Waals surface area contributed by atoms with Gasteiger partial charge in [0.25, 0.3) is 0 Å². The number of alkyl halides is 2. The van der Waals surface area contributed by atoms with Gasteiger partial charge in [-0.3, -0.25) is 4.79 Å². The van der Waals surface area contributed by atoms with Gasteiger partial charge in [0.1, 0.15) is 4.33 Å². The molecule has 3 heteroatoms. The summed E-state index contributed by atoms with van der Waals surface area (Å²) in [6.45, 7) is 4.50. The SMILES string of the molecule is CCCC[C@H]1CC[C@@]2(CC1)C(=O)[C@]1(CCC(CC)CC1)C2(Cl)Cl. The highest BCUT2D eigenvalue weighted by Crippen LogP contribution is 2.74. The van der Waals surface area contributed by atoms with Crippen LogP contribution in [0.2, 0.25) is 0 Å². The molecule has 0 atom stereocenters. The molecule has 0 unspecified atom stereocenters. The molecule has 1 nitrogen and oxygen atoms in total. The van der Waals surface area contributed by atoms with Crippen molar-refractivity contribution in [3.05, 3.63) is 0 Å². The highest BCUT2D eigenvalue weighted by Gasteiger charge is 2.78. The summed E-state index contributed by atoms with van der Waals surface area (Å²) in [5.74, 6) is 1.97. The summed E-state index contributed by atoms with van der Waals surface area (Å²) in [5.41, 5.74) is -0.837. The van der Waals surface area contributed by atoms with Crippen LogP contribution < -0.4 is 0 Å². The van der Waals surface area contributed by atoms with Crippen LogP contribution in [0.5, 0.6) is 0 Å². The van der Waals surface area contributed by atoms with Gasteiger partial charge in [0.2, 0.25) is 0 Å². The number of hydrogen-bond donors (Lipinski definition) is 0. The van der Waals surface area contributed by atoms with Gasteiger partial charge < -0.3 is 0 Å². The molecule has 23 heavy (non-hydrogen) atoms. The summed E-state index contributed by atoms with van der Waals surface area (Å²) in [6, 6.07) is 0. The minimum atomic E-state index is -0.814. The van der Waals surface area contributed by atoms with Gasteiger partial charge in [0.05, 0.1) is 10.8 Å². The standard InChI is InChI=1S/C20H32Cl2O/c1-3-5-6-16-9-13-19(14-10-16)17(23)18(20(19,21)22)11-7-15(4-2)8-12-18/h15-16H,3-14H2,1-2H3/t15?,16-,18-,19+. The Morgan fingerprint density at radius 1 is 0.913 bits per heavy atom. The molecule has 0 saturated heterocycles. The monoisotopic (exact) mass is 358 g/mol. The van der Waals surface area contributed by atoms with Crippen LogP contribution in [0.4, 0.5) is 0 Å². The lowest BCUT2D eigenvalue weighted by Gasteiger charge is -2.67. The number of Topliss-reactive ketones (excluding diaryl/α,β-unsaturated/α-hetero) is 1. The Kier molecular flexibility index (Phi) is 5.12. The first-order valence-electron chi connectivity index (χ1n) is 9.86. The summed E-state index contributed by atoms with van der Waals surface area (Å²) >= 11 is 13.9. The van der Waals surface area contributed by atoms with E-state index in [4.69, 9.17) is 23.2 Å². The maximum atomic E-state index is 13.3. The molecule has 3 fully saturated rings. The molecule has 3 aliphatic rings. The average molecular weight is 359 g/mol. The number of hydrogen-bond acceptors (Lipinski definition) is 1. The molecule has 0 aliphatic heterocycles. The summed E-state index contributed by atoms with van der Waals surface area (Å²) in [6.07, 6.45) is 13.3. The maximum absolute atomic E-state index is 13.3. The molecule has 132 valence electrons. The van der Waals surface area contributed by atoms with Crippen LogP contribution in [0.25, 0.3) is 0 Å². The van der Waals surface area contributed by atoms with Crippen molar-refractivity contribution in [2.24, 2.45) is 22.7 Å². The summed E-state index contributed by atoms with van der Waals surface area (Å²) in [5, 5.41) is 0. The highest BCUT2D eigenvalue weighted by molar-refractivity contribution is 6.55. The highest BCUT2D eigenvalue weighted by atomic mass is 35.5. The Labute approximate surface area is 151 Å². The van der Waals surface area contributed by atoms with E-state index in [1.807, 2.05) is 0 Å². The van der Waals surface area contributed by atoms with Crippen molar-refractivity contribution in [2.45, 2.75) is 95.2 Å². The van der Waals surface area contributed by atoms with Crippen LogP contribution in [0.3, 0.4) is 0 Å². The zero-order chi connectivity index (χ0) is 16.7. The van der Waals surface area contributed by atoms with E-state index in [0.29, 0.717) is 5.78 Å². The molecule has 3 aliphatic carbocycles. The normalized spacial score (nSPS) is 42.9. The van der Waals surface area contributed by atoms with Crippen LogP contribution >= 0.6 is 23.2 Å². The topological polar surface area (TPSA) is 17.1 Å². The lowest BCUT2D eigenvalue weighted by molar-refractivity contribution is -0.172. The molecule has 0 bridgehead atoms. The molecule has 3 saturated carbocycles. The van der Waals surface area contributed by atoms with E-state index in [9.17, 15) is 4.79 Å². The molecule has 0 amide bonds.